The van der Waals surface area contributed by atoms with Gasteiger partial charge >= 0.3 is 0 Å². The smallest absolute Gasteiger partial charge is 0.293 e. The summed E-state index contributed by atoms with van der Waals surface area (Å²) in [7, 11) is 3.51. The molecule has 0 bridgehead atoms. The molecule has 0 aliphatic heterocycles. The molecule has 0 aromatic carbocycles. The van der Waals surface area contributed by atoms with Crippen LogP contribution in [0.5, 0.6) is 0 Å². The van der Waals surface area contributed by atoms with Gasteiger partial charge in [-0.2, -0.15) is 5.10 Å². The van der Waals surface area contributed by atoms with E-state index < -0.39 is 0 Å². The largest absolute Gasteiger partial charge is 0.365 e. The van der Waals surface area contributed by atoms with Gasteiger partial charge in [0, 0.05) is 39.5 Å². The molecule has 0 atom stereocenters. The van der Waals surface area contributed by atoms with Crippen molar-refractivity contribution in [2.75, 3.05) is 11.9 Å². The normalized spacial score (nSPS) is 10.5. The van der Waals surface area contributed by atoms with Crippen LogP contribution in [0.25, 0.3) is 0 Å². The zero-order valence-electron chi connectivity index (χ0n) is 9.79. The van der Waals surface area contributed by atoms with E-state index in [2.05, 4.69) is 20.4 Å². The minimum atomic E-state index is -0.138. The van der Waals surface area contributed by atoms with Gasteiger partial charge in [0.25, 0.3) is 5.56 Å². The lowest BCUT2D eigenvalue weighted by Gasteiger charge is -2.04. The molecule has 2 aromatic heterocycles. The van der Waals surface area contributed by atoms with Crippen LogP contribution in [0.1, 0.15) is 5.82 Å². The zero-order valence-corrected chi connectivity index (χ0v) is 9.79. The summed E-state index contributed by atoms with van der Waals surface area (Å²) >= 11 is 0. The Labute approximate surface area is 98.1 Å². The Hall–Kier alpha value is -2.18. The molecule has 2 heterocycles. The minimum absolute atomic E-state index is 0.138. The van der Waals surface area contributed by atoms with Crippen molar-refractivity contribution < 1.29 is 0 Å². The lowest BCUT2D eigenvalue weighted by Crippen LogP contribution is -2.23. The predicted molar refractivity (Wildman–Crippen MR) is 62.7 cm³/mol. The molecular weight excluding hydrogens is 220 g/mol. The Morgan fingerprint density at radius 2 is 2.18 bits per heavy atom. The van der Waals surface area contributed by atoms with Crippen LogP contribution in [0.15, 0.2) is 23.5 Å². The van der Waals surface area contributed by atoms with Crippen molar-refractivity contribution in [2.45, 2.75) is 6.42 Å². The maximum atomic E-state index is 11.6. The fourth-order valence-corrected chi connectivity index (χ4v) is 1.41. The van der Waals surface area contributed by atoms with Crippen LogP contribution in [-0.2, 0) is 20.5 Å². The highest BCUT2D eigenvalue weighted by molar-refractivity contribution is 5.30. The van der Waals surface area contributed by atoms with E-state index >= 15 is 0 Å². The van der Waals surface area contributed by atoms with Crippen molar-refractivity contribution in [3.63, 3.8) is 0 Å². The second-order valence-electron chi connectivity index (χ2n) is 3.70. The molecule has 0 amide bonds. The van der Waals surface area contributed by atoms with Gasteiger partial charge < -0.3 is 9.88 Å². The van der Waals surface area contributed by atoms with Gasteiger partial charge in [0.15, 0.2) is 11.6 Å². The quantitative estimate of drug-likeness (QED) is 0.776. The lowest BCUT2D eigenvalue weighted by atomic mass is 10.4. The topological polar surface area (TPSA) is 77.6 Å². The van der Waals surface area contributed by atoms with Crippen LogP contribution in [0.4, 0.5) is 5.82 Å². The van der Waals surface area contributed by atoms with Crippen LogP contribution in [0, 0.1) is 0 Å². The number of nitrogens with one attached hydrogen (secondary N) is 1. The van der Waals surface area contributed by atoms with E-state index in [0.717, 1.165) is 5.82 Å². The zero-order chi connectivity index (χ0) is 12.3. The third kappa shape index (κ3) is 2.68. The maximum Gasteiger partial charge on any atom is 0.293 e. The third-order valence-corrected chi connectivity index (χ3v) is 2.30. The van der Waals surface area contributed by atoms with Gasteiger partial charge in [-0.15, -0.1) is 0 Å². The molecule has 2 rings (SSSR count). The Kier molecular flexibility index (Phi) is 3.17. The van der Waals surface area contributed by atoms with E-state index in [9.17, 15) is 4.79 Å². The maximum absolute atomic E-state index is 11.6. The highest BCUT2D eigenvalue weighted by Gasteiger charge is 2.03. The van der Waals surface area contributed by atoms with E-state index in [-0.39, 0.29) is 5.56 Å². The van der Waals surface area contributed by atoms with E-state index in [4.69, 9.17) is 0 Å². The van der Waals surface area contributed by atoms with E-state index in [0.29, 0.717) is 18.8 Å². The van der Waals surface area contributed by atoms with Crippen molar-refractivity contribution in [1.82, 2.24) is 24.3 Å². The van der Waals surface area contributed by atoms with Gasteiger partial charge in [-0.25, -0.2) is 9.97 Å². The summed E-state index contributed by atoms with van der Waals surface area (Å²) < 4.78 is 3.13. The first-order chi connectivity index (χ1) is 8.16. The molecule has 0 saturated carbocycles. The second-order valence-corrected chi connectivity index (χ2v) is 3.70. The molecule has 90 valence electrons. The molecule has 0 spiro atoms. The highest BCUT2D eigenvalue weighted by Crippen LogP contribution is 1.94. The third-order valence-electron chi connectivity index (χ3n) is 2.30. The summed E-state index contributed by atoms with van der Waals surface area (Å²) in [5.74, 6) is 1.10. The Morgan fingerprint density at radius 1 is 1.35 bits per heavy atom. The molecule has 0 aliphatic carbocycles. The first-order valence-corrected chi connectivity index (χ1v) is 5.27. The minimum Gasteiger partial charge on any atom is -0.365 e. The Balaban J connectivity index is 1.94. The molecule has 2 aromatic rings. The molecule has 7 heteroatoms. The van der Waals surface area contributed by atoms with Crippen LogP contribution in [-0.4, -0.2) is 30.9 Å². The number of rotatable bonds is 4. The van der Waals surface area contributed by atoms with Crippen LogP contribution < -0.4 is 10.9 Å². The molecule has 0 saturated heterocycles. The monoisotopic (exact) mass is 234 g/mol. The summed E-state index contributed by atoms with van der Waals surface area (Å²) in [6.45, 7) is 0.580. The van der Waals surface area contributed by atoms with Crippen molar-refractivity contribution >= 4 is 5.82 Å². The van der Waals surface area contributed by atoms with E-state index in [1.165, 1.54) is 4.57 Å². The Bertz CT molecular complexity index is 558. The predicted octanol–water partition coefficient (Wildman–Crippen LogP) is -0.437. The molecule has 7 nitrogen and oxygen atoms in total. The van der Waals surface area contributed by atoms with Crippen LogP contribution in [0.2, 0.25) is 0 Å². The molecule has 0 aliphatic rings. The molecule has 0 fully saturated rings. The molecule has 1 N–H and O–H groups in total. The summed E-state index contributed by atoms with van der Waals surface area (Å²) in [6, 6.07) is 0. The lowest BCUT2D eigenvalue weighted by molar-refractivity contribution is 0.741. The highest BCUT2D eigenvalue weighted by atomic mass is 16.1. The average molecular weight is 234 g/mol. The van der Waals surface area contributed by atoms with Gasteiger partial charge in [-0.1, -0.05) is 0 Å². The van der Waals surface area contributed by atoms with Crippen LogP contribution >= 0.6 is 0 Å². The van der Waals surface area contributed by atoms with Crippen LogP contribution in [0.3, 0.4) is 0 Å². The summed E-state index contributed by atoms with van der Waals surface area (Å²) in [5, 5.41) is 7.12. The van der Waals surface area contributed by atoms with Crippen molar-refractivity contribution in [3.8, 4) is 0 Å². The number of aryl methyl sites for hydroxylation is 2. The van der Waals surface area contributed by atoms with E-state index in [1.807, 2.05) is 7.05 Å². The molecule has 17 heavy (non-hydrogen) atoms. The Morgan fingerprint density at radius 3 is 2.88 bits per heavy atom. The number of hydrogen-bond donors (Lipinski definition) is 1. The SMILES string of the molecule is Cn1cnc(CCNc2nccn(C)c2=O)n1. The van der Waals surface area contributed by atoms with Gasteiger partial charge in [0.05, 0.1) is 0 Å². The summed E-state index contributed by atoms with van der Waals surface area (Å²) in [5.41, 5.74) is -0.138. The number of hydrogen-bond acceptors (Lipinski definition) is 5. The first-order valence-electron chi connectivity index (χ1n) is 5.27. The van der Waals surface area contributed by atoms with Gasteiger partial charge in [0.2, 0.25) is 0 Å². The van der Waals surface area contributed by atoms with Crippen molar-refractivity contribution in [2.24, 2.45) is 14.1 Å². The molecule has 0 radical (unpaired) electrons. The molecule has 0 unspecified atom stereocenters. The number of nitrogens with zero attached hydrogens (tertiary/aromatic N) is 5. The fourth-order valence-electron chi connectivity index (χ4n) is 1.41. The second kappa shape index (κ2) is 4.77. The van der Waals surface area contributed by atoms with Crippen molar-refractivity contribution in [3.05, 3.63) is 34.9 Å². The average Bonchev–Trinajstić information content (AvgIpc) is 2.70. The van der Waals surface area contributed by atoms with Crippen molar-refractivity contribution in [1.29, 1.82) is 0 Å². The van der Waals surface area contributed by atoms with Gasteiger partial charge in [0.1, 0.15) is 6.33 Å². The fraction of sp³-hybridized carbons (Fsp3) is 0.400. The van der Waals surface area contributed by atoms with Gasteiger partial charge in [-0.3, -0.25) is 9.48 Å². The summed E-state index contributed by atoms with van der Waals surface area (Å²) in [6.07, 6.45) is 5.51. The number of aromatic nitrogens is 5. The summed E-state index contributed by atoms with van der Waals surface area (Å²) in [4.78, 5) is 19.7. The van der Waals surface area contributed by atoms with E-state index in [1.54, 1.807) is 30.5 Å². The van der Waals surface area contributed by atoms with Gasteiger partial charge in [-0.05, 0) is 0 Å². The molecular formula is C10H14N6O. The first kappa shape index (κ1) is 11.3. The number of anilines is 1. The standard InChI is InChI=1S/C10H14N6O/c1-15-6-5-12-9(10(15)17)11-4-3-8-13-7-16(2)14-8/h5-7H,3-4H2,1-2H3,(H,11,12).